The van der Waals surface area contributed by atoms with Gasteiger partial charge in [-0.1, -0.05) is 18.2 Å². The molecule has 1 amide bonds. The molecular formula is C17H19N5O. The summed E-state index contributed by atoms with van der Waals surface area (Å²) in [5.74, 6) is -0.216. The van der Waals surface area contributed by atoms with Crippen molar-refractivity contribution in [2.45, 2.75) is 6.92 Å². The number of amides is 1. The van der Waals surface area contributed by atoms with E-state index in [1.165, 1.54) is 6.33 Å². The number of nitrogen functional groups attached to an aromatic ring is 1. The van der Waals surface area contributed by atoms with Gasteiger partial charge in [0.15, 0.2) is 0 Å². The second-order valence-corrected chi connectivity index (χ2v) is 4.91. The molecule has 0 fully saturated rings. The Morgan fingerprint density at radius 3 is 2.65 bits per heavy atom. The van der Waals surface area contributed by atoms with Crippen LogP contribution in [0, 0.1) is 6.92 Å². The van der Waals surface area contributed by atoms with Gasteiger partial charge in [-0.05, 0) is 36.8 Å². The standard InChI is InChI=1S/C10H10N4O.C7H9N/c11-4-10(15)14-8-1-2-9-7(3-8)5-12-6-13-9;1-6-4-2-3-5-7(6)8/h1-3,5-6H,4,11H2,(H,14,15);2-5H,8H2,1H3. The van der Waals surface area contributed by atoms with Crippen molar-refractivity contribution >= 4 is 28.2 Å². The van der Waals surface area contributed by atoms with Crippen molar-refractivity contribution in [2.75, 3.05) is 17.6 Å². The van der Waals surface area contributed by atoms with Gasteiger partial charge in [-0.25, -0.2) is 9.97 Å². The molecular weight excluding hydrogens is 290 g/mol. The van der Waals surface area contributed by atoms with Gasteiger partial charge < -0.3 is 16.8 Å². The summed E-state index contributed by atoms with van der Waals surface area (Å²) in [7, 11) is 0. The quantitative estimate of drug-likeness (QED) is 0.628. The van der Waals surface area contributed by atoms with Gasteiger partial charge in [0.05, 0.1) is 12.1 Å². The van der Waals surface area contributed by atoms with Crippen molar-refractivity contribution < 1.29 is 4.79 Å². The Labute approximate surface area is 134 Å². The number of carbonyl (C=O) groups is 1. The molecule has 0 saturated heterocycles. The van der Waals surface area contributed by atoms with Gasteiger partial charge in [0.2, 0.25) is 5.91 Å². The first kappa shape index (κ1) is 16.4. The molecule has 23 heavy (non-hydrogen) atoms. The molecule has 118 valence electrons. The van der Waals surface area contributed by atoms with Crippen molar-refractivity contribution in [3.05, 3.63) is 60.6 Å². The van der Waals surface area contributed by atoms with Crippen molar-refractivity contribution in [1.82, 2.24) is 9.97 Å². The van der Waals surface area contributed by atoms with Crippen molar-refractivity contribution in [3.8, 4) is 0 Å². The number of anilines is 2. The van der Waals surface area contributed by atoms with E-state index in [0.717, 1.165) is 22.2 Å². The van der Waals surface area contributed by atoms with Gasteiger partial charge in [0, 0.05) is 23.0 Å². The third-order valence-corrected chi connectivity index (χ3v) is 3.16. The lowest BCUT2D eigenvalue weighted by Crippen LogP contribution is -2.21. The molecule has 1 aromatic heterocycles. The predicted molar refractivity (Wildman–Crippen MR) is 92.8 cm³/mol. The van der Waals surface area contributed by atoms with Crippen LogP contribution in [0.3, 0.4) is 0 Å². The Hall–Kier alpha value is -2.99. The van der Waals surface area contributed by atoms with E-state index >= 15 is 0 Å². The Bertz CT molecular complexity index is 783. The molecule has 6 nitrogen and oxygen atoms in total. The third kappa shape index (κ3) is 4.76. The van der Waals surface area contributed by atoms with Crippen LogP contribution in [0.4, 0.5) is 11.4 Å². The van der Waals surface area contributed by atoms with E-state index in [0.29, 0.717) is 5.69 Å². The van der Waals surface area contributed by atoms with E-state index < -0.39 is 0 Å². The topological polar surface area (TPSA) is 107 Å². The summed E-state index contributed by atoms with van der Waals surface area (Å²) in [6.45, 7) is 1.97. The lowest BCUT2D eigenvalue weighted by atomic mass is 10.2. The number of hydrogen-bond acceptors (Lipinski definition) is 5. The van der Waals surface area contributed by atoms with E-state index in [1.807, 2.05) is 43.3 Å². The first-order valence-corrected chi connectivity index (χ1v) is 7.11. The number of nitrogens with one attached hydrogen (secondary N) is 1. The minimum Gasteiger partial charge on any atom is -0.399 e. The molecule has 0 saturated carbocycles. The molecule has 0 aliphatic heterocycles. The fraction of sp³-hybridized carbons (Fsp3) is 0.118. The molecule has 0 aliphatic rings. The summed E-state index contributed by atoms with van der Waals surface area (Å²) >= 11 is 0. The fourth-order valence-electron chi connectivity index (χ4n) is 1.86. The SMILES string of the molecule is Cc1ccccc1N.NCC(=O)Nc1ccc2ncncc2c1. The van der Waals surface area contributed by atoms with Gasteiger partial charge in [0.25, 0.3) is 0 Å². The highest BCUT2D eigenvalue weighted by Crippen LogP contribution is 2.15. The van der Waals surface area contributed by atoms with Gasteiger partial charge in [-0.3, -0.25) is 4.79 Å². The highest BCUT2D eigenvalue weighted by Gasteiger charge is 2.00. The van der Waals surface area contributed by atoms with Crippen LogP contribution in [0.5, 0.6) is 0 Å². The monoisotopic (exact) mass is 309 g/mol. The summed E-state index contributed by atoms with van der Waals surface area (Å²) in [4.78, 5) is 19.0. The largest absolute Gasteiger partial charge is 0.399 e. The maximum Gasteiger partial charge on any atom is 0.238 e. The molecule has 2 aromatic carbocycles. The second-order valence-electron chi connectivity index (χ2n) is 4.91. The molecule has 6 heteroatoms. The molecule has 0 unspecified atom stereocenters. The zero-order valence-corrected chi connectivity index (χ0v) is 12.9. The minimum absolute atomic E-state index is 0.0245. The molecule has 0 radical (unpaired) electrons. The number of nitrogens with two attached hydrogens (primary N) is 2. The number of aryl methyl sites for hydroxylation is 1. The Morgan fingerprint density at radius 2 is 2.00 bits per heavy atom. The molecule has 0 spiro atoms. The van der Waals surface area contributed by atoms with Gasteiger partial charge in [0.1, 0.15) is 6.33 Å². The zero-order chi connectivity index (χ0) is 16.7. The summed E-state index contributed by atoms with van der Waals surface area (Å²) in [5.41, 5.74) is 14.3. The van der Waals surface area contributed by atoms with Crippen molar-refractivity contribution in [1.29, 1.82) is 0 Å². The lowest BCUT2D eigenvalue weighted by Gasteiger charge is -2.03. The summed E-state index contributed by atoms with van der Waals surface area (Å²) in [6.07, 6.45) is 3.18. The lowest BCUT2D eigenvalue weighted by molar-refractivity contribution is -0.114. The van der Waals surface area contributed by atoms with E-state index in [4.69, 9.17) is 11.5 Å². The van der Waals surface area contributed by atoms with E-state index in [2.05, 4.69) is 15.3 Å². The minimum atomic E-state index is -0.216. The second kappa shape index (κ2) is 7.86. The molecule has 0 atom stereocenters. The van der Waals surface area contributed by atoms with Crippen LogP contribution in [0.15, 0.2) is 55.0 Å². The van der Waals surface area contributed by atoms with Crippen LogP contribution in [0.1, 0.15) is 5.56 Å². The maximum absolute atomic E-state index is 11.0. The molecule has 3 rings (SSSR count). The average Bonchev–Trinajstić information content (AvgIpc) is 2.58. The smallest absolute Gasteiger partial charge is 0.238 e. The molecule has 3 aromatic rings. The number of hydrogen-bond donors (Lipinski definition) is 3. The van der Waals surface area contributed by atoms with Crippen LogP contribution in [0.25, 0.3) is 10.9 Å². The highest BCUT2D eigenvalue weighted by atomic mass is 16.1. The van der Waals surface area contributed by atoms with Crippen LogP contribution >= 0.6 is 0 Å². The molecule has 1 heterocycles. The normalized spacial score (nSPS) is 9.83. The van der Waals surface area contributed by atoms with Crippen LogP contribution in [-0.2, 0) is 4.79 Å². The summed E-state index contributed by atoms with van der Waals surface area (Å²) in [6, 6.07) is 13.2. The molecule has 0 bridgehead atoms. The van der Waals surface area contributed by atoms with Gasteiger partial charge in [-0.15, -0.1) is 0 Å². The third-order valence-electron chi connectivity index (χ3n) is 3.16. The Kier molecular flexibility index (Phi) is 5.60. The highest BCUT2D eigenvalue weighted by molar-refractivity contribution is 5.94. The summed E-state index contributed by atoms with van der Waals surface area (Å²) in [5, 5.41) is 3.55. The van der Waals surface area contributed by atoms with Gasteiger partial charge >= 0.3 is 0 Å². The Morgan fingerprint density at radius 1 is 1.22 bits per heavy atom. The van der Waals surface area contributed by atoms with E-state index in [1.54, 1.807) is 12.3 Å². The zero-order valence-electron chi connectivity index (χ0n) is 12.9. The van der Waals surface area contributed by atoms with Crippen molar-refractivity contribution in [2.24, 2.45) is 5.73 Å². The number of carbonyl (C=O) groups excluding carboxylic acids is 1. The number of fused-ring (bicyclic) bond motifs is 1. The van der Waals surface area contributed by atoms with Gasteiger partial charge in [-0.2, -0.15) is 0 Å². The Balaban J connectivity index is 0.000000203. The number of para-hydroxylation sites is 1. The molecule has 5 N–H and O–H groups in total. The maximum atomic E-state index is 11.0. The van der Waals surface area contributed by atoms with Crippen LogP contribution < -0.4 is 16.8 Å². The first-order valence-electron chi connectivity index (χ1n) is 7.11. The van der Waals surface area contributed by atoms with Crippen molar-refractivity contribution in [3.63, 3.8) is 0 Å². The van der Waals surface area contributed by atoms with E-state index in [-0.39, 0.29) is 12.5 Å². The predicted octanol–water partition coefficient (Wildman–Crippen LogP) is 2.10. The number of nitrogens with zero attached hydrogens (tertiary/aromatic N) is 2. The number of rotatable bonds is 2. The molecule has 0 aliphatic carbocycles. The average molecular weight is 309 g/mol. The van der Waals surface area contributed by atoms with E-state index in [9.17, 15) is 4.79 Å². The fourth-order valence-corrected chi connectivity index (χ4v) is 1.86. The van der Waals surface area contributed by atoms with Crippen LogP contribution in [0.2, 0.25) is 0 Å². The number of aromatic nitrogens is 2. The summed E-state index contributed by atoms with van der Waals surface area (Å²) < 4.78 is 0. The number of benzene rings is 2. The van der Waals surface area contributed by atoms with Crippen LogP contribution in [-0.4, -0.2) is 22.4 Å². The first-order chi connectivity index (χ1) is 11.1.